The summed E-state index contributed by atoms with van der Waals surface area (Å²) in [5.74, 6) is -1.07. The number of hydrogen-bond donors (Lipinski definition) is 1. The van der Waals surface area contributed by atoms with Crippen LogP contribution in [0.15, 0.2) is 8.73 Å². The molecule has 0 bridgehead atoms. The molecule has 10 heavy (non-hydrogen) atoms. The van der Waals surface area contributed by atoms with Gasteiger partial charge in [0, 0.05) is 0 Å². The Morgan fingerprint density at radius 1 is 1.00 bits per heavy atom. The lowest BCUT2D eigenvalue weighted by Gasteiger charge is -1.69. The van der Waals surface area contributed by atoms with Gasteiger partial charge in [-0.05, 0) is 0 Å². The zero-order chi connectivity index (χ0) is 8.15. The number of rotatable bonds is 0. The lowest BCUT2D eigenvalue weighted by atomic mass is 11.1. The lowest BCUT2D eigenvalue weighted by Crippen LogP contribution is -1.82. The monoisotopic (exact) mass is 183 g/mol. The van der Waals surface area contributed by atoms with Gasteiger partial charge in [-0.2, -0.15) is 16.8 Å². The molecule has 7 nitrogen and oxygen atoms in total. The topological polar surface area (TPSA) is 117 Å². The maximum Gasteiger partial charge on any atom is 0.319 e. The van der Waals surface area contributed by atoms with Crippen LogP contribution >= 0.6 is 0 Å². The number of guanidine groups is 1. The molecule has 0 aromatic heterocycles. The largest absolute Gasteiger partial charge is 0.319 e. The summed E-state index contributed by atoms with van der Waals surface area (Å²) in [4.78, 5) is 0. The molecule has 0 saturated carbocycles. The summed E-state index contributed by atoms with van der Waals surface area (Å²) in [5, 5.41) is 6.43. The fourth-order valence-electron chi connectivity index (χ4n) is 0.158. The fraction of sp³-hybridized carbons (Fsp3) is 0. The van der Waals surface area contributed by atoms with Crippen molar-refractivity contribution in [2.24, 2.45) is 8.73 Å². The molecule has 0 radical (unpaired) electrons. The van der Waals surface area contributed by atoms with Gasteiger partial charge in [-0.1, -0.05) is 8.73 Å². The van der Waals surface area contributed by atoms with E-state index in [1.54, 1.807) is 0 Å². The summed E-state index contributed by atoms with van der Waals surface area (Å²) in [6, 6.07) is 0. The minimum atomic E-state index is -2.83. The first kappa shape index (κ1) is 8.91. The maximum atomic E-state index is 9.62. The third-order valence-corrected chi connectivity index (χ3v) is 0.966. The molecule has 0 aromatic rings. The van der Waals surface area contributed by atoms with Crippen molar-refractivity contribution in [3.05, 3.63) is 0 Å². The molecule has 9 heteroatoms. The third-order valence-electron chi connectivity index (χ3n) is 0.322. The second kappa shape index (κ2) is 3.85. The van der Waals surface area contributed by atoms with Gasteiger partial charge in [-0.3, -0.25) is 5.41 Å². The van der Waals surface area contributed by atoms with Gasteiger partial charge in [0.25, 0.3) is 5.96 Å². The first-order valence-corrected chi connectivity index (χ1v) is 3.79. The Bertz CT molecular complexity index is 330. The quantitative estimate of drug-likeness (QED) is 0.384. The highest BCUT2D eigenvalue weighted by atomic mass is 32.2. The lowest BCUT2D eigenvalue weighted by molar-refractivity contribution is 0.622. The second-order valence-corrected chi connectivity index (χ2v) is 2.17. The van der Waals surface area contributed by atoms with Gasteiger partial charge in [-0.15, -0.1) is 0 Å². The minimum Gasteiger partial charge on any atom is -0.264 e. The van der Waals surface area contributed by atoms with E-state index >= 15 is 0 Å². The van der Waals surface area contributed by atoms with E-state index < -0.39 is 27.0 Å². The highest BCUT2D eigenvalue weighted by molar-refractivity contribution is 7.63. The van der Waals surface area contributed by atoms with Gasteiger partial charge in [0.1, 0.15) is 0 Å². The molecular formula is CHN3O4S2. The number of hydrogen-bond acceptors (Lipinski definition) is 5. The van der Waals surface area contributed by atoms with E-state index in [9.17, 15) is 16.8 Å². The number of nitrogens with zero attached hydrogens (tertiary/aromatic N) is 2. The van der Waals surface area contributed by atoms with Crippen LogP contribution in [-0.4, -0.2) is 22.8 Å². The molecule has 1 N–H and O–H groups in total. The SMILES string of the molecule is N=C(N=S(=O)=O)N=S(=O)=O. The van der Waals surface area contributed by atoms with Gasteiger partial charge >= 0.3 is 21.0 Å². The molecule has 0 aromatic carbocycles. The van der Waals surface area contributed by atoms with Crippen LogP contribution in [0.4, 0.5) is 0 Å². The average molecular weight is 183 g/mol. The maximum absolute atomic E-state index is 9.62. The van der Waals surface area contributed by atoms with E-state index in [0.717, 1.165) is 0 Å². The summed E-state index contributed by atoms with van der Waals surface area (Å²) in [5.41, 5.74) is 0. The Balaban J connectivity index is 4.78. The molecule has 0 aliphatic rings. The highest BCUT2D eigenvalue weighted by Gasteiger charge is 1.87. The van der Waals surface area contributed by atoms with Gasteiger partial charge in [-0.25, -0.2) is 0 Å². The van der Waals surface area contributed by atoms with Crippen molar-refractivity contribution >= 4 is 27.0 Å². The Labute approximate surface area is 58.6 Å². The van der Waals surface area contributed by atoms with Crippen LogP contribution in [0.1, 0.15) is 0 Å². The van der Waals surface area contributed by atoms with Crippen molar-refractivity contribution in [3.63, 3.8) is 0 Å². The summed E-state index contributed by atoms with van der Waals surface area (Å²) in [6.45, 7) is 0. The molecule has 0 spiro atoms. The molecular weight excluding hydrogens is 182 g/mol. The summed E-state index contributed by atoms with van der Waals surface area (Å²) in [6.07, 6.45) is 0. The predicted molar refractivity (Wildman–Crippen MR) is 30.4 cm³/mol. The van der Waals surface area contributed by atoms with E-state index in [0.29, 0.717) is 0 Å². The molecule has 0 atom stereocenters. The van der Waals surface area contributed by atoms with E-state index in [2.05, 4.69) is 8.73 Å². The average Bonchev–Trinajstić information content (AvgIpc) is 1.58. The fourth-order valence-corrected chi connectivity index (χ4v) is 0.574. The molecule has 0 saturated heterocycles. The zero-order valence-corrected chi connectivity index (χ0v) is 5.98. The molecule has 0 rings (SSSR count). The first-order valence-electron chi connectivity index (χ1n) is 1.73. The molecule has 56 valence electrons. The van der Waals surface area contributed by atoms with Crippen molar-refractivity contribution in [3.8, 4) is 0 Å². The van der Waals surface area contributed by atoms with Crippen LogP contribution in [0.5, 0.6) is 0 Å². The standard InChI is InChI=1S/CHN3O4S2/c2-1(3-9(5)6)4-10(7)8/h2H. The van der Waals surface area contributed by atoms with E-state index in [1.807, 2.05) is 0 Å². The van der Waals surface area contributed by atoms with E-state index in [1.165, 1.54) is 0 Å². The number of nitrogens with one attached hydrogen (secondary N) is 1. The third kappa shape index (κ3) is 5.05. The van der Waals surface area contributed by atoms with Crippen LogP contribution in [0.25, 0.3) is 0 Å². The minimum absolute atomic E-state index is 1.07. The van der Waals surface area contributed by atoms with Gasteiger partial charge in [0.2, 0.25) is 0 Å². The summed E-state index contributed by atoms with van der Waals surface area (Å²) < 4.78 is 43.4. The van der Waals surface area contributed by atoms with Gasteiger partial charge in [0.15, 0.2) is 0 Å². The van der Waals surface area contributed by atoms with Crippen LogP contribution in [-0.2, 0) is 21.0 Å². The normalized spacial score (nSPS) is 8.00. The molecule has 0 amide bonds. The van der Waals surface area contributed by atoms with Crippen LogP contribution < -0.4 is 0 Å². The summed E-state index contributed by atoms with van der Waals surface area (Å²) in [7, 11) is -5.66. The smallest absolute Gasteiger partial charge is 0.264 e. The molecule has 0 fully saturated rings. The Kier molecular flexibility index (Phi) is 3.43. The van der Waals surface area contributed by atoms with Crippen molar-refractivity contribution < 1.29 is 16.8 Å². The van der Waals surface area contributed by atoms with Gasteiger partial charge < -0.3 is 0 Å². The van der Waals surface area contributed by atoms with Crippen molar-refractivity contribution in [1.29, 1.82) is 5.41 Å². The predicted octanol–water partition coefficient (Wildman–Crippen LogP) is -0.953. The molecule has 0 aliphatic heterocycles. The van der Waals surface area contributed by atoms with Crippen molar-refractivity contribution in [2.75, 3.05) is 0 Å². The molecule has 0 heterocycles. The Morgan fingerprint density at radius 2 is 1.30 bits per heavy atom. The van der Waals surface area contributed by atoms with E-state index in [4.69, 9.17) is 5.41 Å². The van der Waals surface area contributed by atoms with Crippen molar-refractivity contribution in [1.82, 2.24) is 0 Å². The zero-order valence-electron chi connectivity index (χ0n) is 4.34. The first-order chi connectivity index (χ1) is 4.52. The summed E-state index contributed by atoms with van der Waals surface area (Å²) >= 11 is 0. The highest BCUT2D eigenvalue weighted by Crippen LogP contribution is 1.75. The van der Waals surface area contributed by atoms with E-state index in [-0.39, 0.29) is 0 Å². The van der Waals surface area contributed by atoms with Crippen molar-refractivity contribution in [2.45, 2.75) is 0 Å². The van der Waals surface area contributed by atoms with Gasteiger partial charge in [0.05, 0.1) is 0 Å². The molecule has 0 aliphatic carbocycles. The Hall–Kier alpha value is -1.09. The molecule has 0 unspecified atom stereocenters. The van der Waals surface area contributed by atoms with Crippen LogP contribution in [0, 0.1) is 5.41 Å². The Morgan fingerprint density at radius 3 is 1.50 bits per heavy atom. The second-order valence-electron chi connectivity index (χ2n) is 0.940. The van der Waals surface area contributed by atoms with Crippen LogP contribution in [0.2, 0.25) is 0 Å². The van der Waals surface area contributed by atoms with Crippen LogP contribution in [0.3, 0.4) is 0 Å².